The molecule has 1 aliphatic rings. The van der Waals surface area contributed by atoms with Crippen LogP contribution in [0.2, 0.25) is 0 Å². The lowest BCUT2D eigenvalue weighted by atomic mass is 9.62. The number of ether oxygens (including phenoxy) is 1. The average molecular weight is 457 g/mol. The molecule has 0 radical (unpaired) electrons. The van der Waals surface area contributed by atoms with Crippen molar-refractivity contribution >= 4 is 11.9 Å². The van der Waals surface area contributed by atoms with E-state index in [1.54, 1.807) is 0 Å². The Labute approximate surface area is 201 Å². The first-order valence-electron chi connectivity index (χ1n) is 11.8. The zero-order chi connectivity index (χ0) is 24.5. The third-order valence-electron chi connectivity index (χ3n) is 7.17. The summed E-state index contributed by atoms with van der Waals surface area (Å²) in [6, 6.07) is 22.4. The third kappa shape index (κ3) is 4.91. The molecule has 4 heteroatoms. The summed E-state index contributed by atoms with van der Waals surface area (Å²) in [6.45, 7) is 9.13. The summed E-state index contributed by atoms with van der Waals surface area (Å²) in [5.41, 5.74) is 4.95. The minimum Gasteiger partial charge on any atom is -0.478 e. The third-order valence-corrected chi connectivity index (χ3v) is 7.17. The van der Waals surface area contributed by atoms with E-state index in [1.807, 2.05) is 30.3 Å². The molecule has 1 unspecified atom stereocenters. The van der Waals surface area contributed by atoms with E-state index in [0.29, 0.717) is 12.2 Å². The maximum Gasteiger partial charge on any atom is 0.335 e. The molecule has 1 aliphatic carbocycles. The second-order valence-corrected chi connectivity index (χ2v) is 10.6. The molecule has 0 spiro atoms. The van der Waals surface area contributed by atoms with Gasteiger partial charge >= 0.3 is 11.9 Å². The van der Waals surface area contributed by atoms with Crippen molar-refractivity contribution in [2.45, 2.75) is 63.7 Å². The molecule has 0 saturated carbocycles. The van der Waals surface area contributed by atoms with E-state index < -0.39 is 11.9 Å². The van der Waals surface area contributed by atoms with Gasteiger partial charge in [-0.3, -0.25) is 4.79 Å². The highest BCUT2D eigenvalue weighted by atomic mass is 16.5. The van der Waals surface area contributed by atoms with E-state index >= 15 is 0 Å². The Kier molecular flexibility index (Phi) is 6.35. The number of carbonyl (C=O) groups is 2. The van der Waals surface area contributed by atoms with Crippen LogP contribution in [0.4, 0.5) is 0 Å². The smallest absolute Gasteiger partial charge is 0.335 e. The Morgan fingerprint density at radius 2 is 1.47 bits per heavy atom. The molecule has 0 aliphatic heterocycles. The Balaban J connectivity index is 1.70. The molecule has 1 atom stereocenters. The first kappa shape index (κ1) is 23.7. The van der Waals surface area contributed by atoms with Gasteiger partial charge in [-0.25, -0.2) is 4.79 Å². The molecule has 0 saturated heterocycles. The number of carboxylic acids is 1. The van der Waals surface area contributed by atoms with Gasteiger partial charge in [-0.05, 0) is 76.6 Å². The van der Waals surface area contributed by atoms with Gasteiger partial charge in [0.15, 0.2) is 0 Å². The van der Waals surface area contributed by atoms with Crippen molar-refractivity contribution in [2.24, 2.45) is 0 Å². The van der Waals surface area contributed by atoms with E-state index in [9.17, 15) is 9.59 Å². The van der Waals surface area contributed by atoms with Crippen molar-refractivity contribution in [3.63, 3.8) is 0 Å². The van der Waals surface area contributed by atoms with Crippen LogP contribution in [-0.2, 0) is 22.0 Å². The van der Waals surface area contributed by atoms with Gasteiger partial charge in [0.2, 0.25) is 0 Å². The van der Waals surface area contributed by atoms with Crippen LogP contribution in [0.15, 0.2) is 72.8 Å². The summed E-state index contributed by atoms with van der Waals surface area (Å²) >= 11 is 0. The summed E-state index contributed by atoms with van der Waals surface area (Å²) in [5, 5.41) is 9.13. The van der Waals surface area contributed by atoms with E-state index in [0.717, 1.165) is 24.0 Å². The SMILES string of the molecule is CC1(C)CCC(C)(C)c2cc(C(Cc3ccccc3)C(=O)Oc3ccc(C(=O)O)cc3)ccc21. The van der Waals surface area contributed by atoms with Gasteiger partial charge in [0.25, 0.3) is 0 Å². The fraction of sp³-hybridized carbons (Fsp3) is 0.333. The first-order chi connectivity index (χ1) is 16.1. The lowest BCUT2D eigenvalue weighted by molar-refractivity contribution is -0.136. The molecule has 4 nitrogen and oxygen atoms in total. The van der Waals surface area contributed by atoms with Gasteiger partial charge in [-0.1, -0.05) is 76.2 Å². The number of carboxylic acid groups (broad SMARTS) is 1. The highest BCUT2D eigenvalue weighted by Crippen LogP contribution is 2.46. The molecular formula is C30H32O4. The van der Waals surface area contributed by atoms with E-state index in [-0.39, 0.29) is 22.4 Å². The second kappa shape index (κ2) is 9.09. The van der Waals surface area contributed by atoms with E-state index in [4.69, 9.17) is 9.84 Å². The number of hydrogen-bond acceptors (Lipinski definition) is 3. The van der Waals surface area contributed by atoms with Gasteiger partial charge in [-0.2, -0.15) is 0 Å². The molecule has 1 N–H and O–H groups in total. The van der Waals surface area contributed by atoms with Crippen LogP contribution in [0.5, 0.6) is 5.75 Å². The summed E-state index contributed by atoms with van der Waals surface area (Å²) in [5.74, 6) is -1.50. The van der Waals surface area contributed by atoms with Crippen molar-refractivity contribution in [1.29, 1.82) is 0 Å². The molecule has 0 fully saturated rings. The predicted octanol–water partition coefficient (Wildman–Crippen LogP) is 6.67. The quantitative estimate of drug-likeness (QED) is 0.332. The van der Waals surface area contributed by atoms with Crippen molar-refractivity contribution in [2.75, 3.05) is 0 Å². The normalized spacial score (nSPS) is 16.8. The zero-order valence-corrected chi connectivity index (χ0v) is 20.3. The lowest BCUT2D eigenvalue weighted by Gasteiger charge is -2.42. The van der Waals surface area contributed by atoms with Crippen molar-refractivity contribution in [3.8, 4) is 5.75 Å². The fourth-order valence-corrected chi connectivity index (χ4v) is 4.86. The highest BCUT2D eigenvalue weighted by Gasteiger charge is 2.38. The summed E-state index contributed by atoms with van der Waals surface area (Å²) in [6.07, 6.45) is 2.75. The Hall–Kier alpha value is -3.40. The fourth-order valence-electron chi connectivity index (χ4n) is 4.86. The minimum atomic E-state index is -1.01. The van der Waals surface area contributed by atoms with Crippen LogP contribution in [-0.4, -0.2) is 17.0 Å². The molecule has 4 rings (SSSR count). The minimum absolute atomic E-state index is 0.0364. The molecule has 0 bridgehead atoms. The Morgan fingerprint density at radius 1 is 0.853 bits per heavy atom. The van der Waals surface area contributed by atoms with Crippen LogP contribution in [0.1, 0.15) is 79.1 Å². The molecule has 0 amide bonds. The predicted molar refractivity (Wildman–Crippen MR) is 134 cm³/mol. The lowest BCUT2D eigenvalue weighted by Crippen LogP contribution is -2.34. The van der Waals surface area contributed by atoms with Gasteiger partial charge in [-0.15, -0.1) is 0 Å². The number of rotatable bonds is 6. The molecular weight excluding hydrogens is 424 g/mol. The number of carbonyl (C=O) groups excluding carboxylic acids is 1. The van der Waals surface area contributed by atoms with Crippen LogP contribution < -0.4 is 4.74 Å². The van der Waals surface area contributed by atoms with Gasteiger partial charge in [0, 0.05) is 0 Å². The molecule has 176 valence electrons. The van der Waals surface area contributed by atoms with E-state index in [2.05, 4.69) is 45.9 Å². The average Bonchev–Trinajstić information content (AvgIpc) is 2.81. The number of benzene rings is 3. The van der Waals surface area contributed by atoms with Gasteiger partial charge in [0.1, 0.15) is 5.75 Å². The van der Waals surface area contributed by atoms with Gasteiger partial charge < -0.3 is 9.84 Å². The summed E-state index contributed by atoms with van der Waals surface area (Å²) < 4.78 is 5.74. The summed E-state index contributed by atoms with van der Waals surface area (Å²) in [7, 11) is 0. The molecule has 3 aromatic carbocycles. The zero-order valence-electron chi connectivity index (χ0n) is 20.3. The second-order valence-electron chi connectivity index (χ2n) is 10.6. The largest absolute Gasteiger partial charge is 0.478 e. The van der Waals surface area contributed by atoms with E-state index in [1.165, 1.54) is 35.4 Å². The molecule has 0 heterocycles. The van der Waals surface area contributed by atoms with Crippen LogP contribution in [0.3, 0.4) is 0 Å². The van der Waals surface area contributed by atoms with Crippen LogP contribution in [0.25, 0.3) is 0 Å². The standard InChI is InChI=1S/C30H32O4/c1-29(2)16-17-30(3,4)26-19-22(12-15-25(26)29)24(18-20-8-6-5-7-9-20)28(33)34-23-13-10-21(11-14-23)27(31)32/h5-15,19,24H,16-18H2,1-4H3,(H,31,32). The van der Waals surface area contributed by atoms with Crippen molar-refractivity contribution in [3.05, 3.63) is 101 Å². The van der Waals surface area contributed by atoms with Crippen molar-refractivity contribution < 1.29 is 19.4 Å². The maximum atomic E-state index is 13.5. The number of hydrogen-bond donors (Lipinski definition) is 1. The number of fused-ring (bicyclic) bond motifs is 1. The Morgan fingerprint density at radius 3 is 2.09 bits per heavy atom. The molecule has 3 aromatic rings. The first-order valence-corrected chi connectivity index (χ1v) is 11.8. The Bertz CT molecular complexity index is 1190. The number of aromatic carboxylic acids is 1. The molecule has 0 aromatic heterocycles. The van der Waals surface area contributed by atoms with Crippen LogP contribution >= 0.6 is 0 Å². The molecule has 34 heavy (non-hydrogen) atoms. The maximum absolute atomic E-state index is 13.5. The summed E-state index contributed by atoms with van der Waals surface area (Å²) in [4.78, 5) is 24.6. The topological polar surface area (TPSA) is 63.6 Å². The highest BCUT2D eigenvalue weighted by molar-refractivity contribution is 5.88. The van der Waals surface area contributed by atoms with Crippen LogP contribution in [0, 0.1) is 0 Å². The monoisotopic (exact) mass is 456 g/mol. The number of esters is 1. The van der Waals surface area contributed by atoms with Gasteiger partial charge in [0.05, 0.1) is 11.5 Å². The van der Waals surface area contributed by atoms with Crippen molar-refractivity contribution in [1.82, 2.24) is 0 Å².